The van der Waals surface area contributed by atoms with Crippen LogP contribution in [0.3, 0.4) is 0 Å². The van der Waals surface area contributed by atoms with Crippen LogP contribution in [0, 0.1) is 5.92 Å². The minimum atomic E-state index is -0.758. The minimum absolute atomic E-state index is 0.166. The number of hydrogen-bond donors (Lipinski definition) is 1. The molecule has 156 valence electrons. The van der Waals surface area contributed by atoms with E-state index in [9.17, 15) is 14.7 Å². The Balaban J connectivity index is 1.62. The molecule has 2 unspecified atom stereocenters. The van der Waals surface area contributed by atoms with E-state index in [1.54, 1.807) is 0 Å². The summed E-state index contributed by atoms with van der Waals surface area (Å²) < 4.78 is 5.44. The van der Waals surface area contributed by atoms with Crippen molar-refractivity contribution < 1.29 is 19.4 Å². The first-order chi connectivity index (χ1) is 14.6. The number of rotatable bonds is 6. The van der Waals surface area contributed by atoms with Gasteiger partial charge in [0.2, 0.25) is 5.78 Å². The molecule has 1 saturated carbocycles. The molecular weight excluding hydrogens is 376 g/mol. The number of aliphatic hydroxyl groups excluding tert-OH is 1. The molecule has 1 heterocycles. The average molecular weight is 405 g/mol. The lowest BCUT2D eigenvalue weighted by Gasteiger charge is -2.22. The summed E-state index contributed by atoms with van der Waals surface area (Å²) in [6, 6.07) is 19.3. The molecular formula is C26H28O4. The van der Waals surface area contributed by atoms with Crippen molar-refractivity contribution >= 4 is 11.8 Å². The summed E-state index contributed by atoms with van der Waals surface area (Å²) in [5, 5.41) is 11.1. The van der Waals surface area contributed by atoms with E-state index >= 15 is 0 Å². The van der Waals surface area contributed by atoms with Crippen molar-refractivity contribution in [2.45, 2.75) is 57.0 Å². The summed E-state index contributed by atoms with van der Waals surface area (Å²) in [6.07, 6.45) is 6.02. The molecule has 0 radical (unpaired) electrons. The highest BCUT2D eigenvalue weighted by Crippen LogP contribution is 2.35. The van der Waals surface area contributed by atoms with E-state index < -0.39 is 18.0 Å². The van der Waals surface area contributed by atoms with Crippen molar-refractivity contribution in [3.8, 4) is 0 Å². The number of cyclic esters (lactones) is 1. The van der Waals surface area contributed by atoms with Crippen LogP contribution in [-0.4, -0.2) is 23.0 Å². The van der Waals surface area contributed by atoms with E-state index in [0.717, 1.165) is 24.0 Å². The maximum absolute atomic E-state index is 13.1. The molecule has 0 spiro atoms. The van der Waals surface area contributed by atoms with Gasteiger partial charge in [-0.05, 0) is 29.9 Å². The SMILES string of the molecule is O=C1OC(CC2CCCCC2)C(=O)C1=C(O)C(Cc1ccccc1)c1ccccc1. The quantitative estimate of drug-likeness (QED) is 0.307. The van der Waals surface area contributed by atoms with Gasteiger partial charge in [-0.25, -0.2) is 4.79 Å². The number of Topliss-reactive ketones (excluding diaryl/α,β-unsaturated/α-hetero) is 1. The molecule has 2 fully saturated rings. The van der Waals surface area contributed by atoms with E-state index in [2.05, 4.69) is 0 Å². The molecule has 1 N–H and O–H groups in total. The fourth-order valence-electron chi connectivity index (χ4n) is 4.70. The van der Waals surface area contributed by atoms with E-state index in [1.165, 1.54) is 19.3 Å². The normalized spacial score (nSPS) is 22.6. The lowest BCUT2D eigenvalue weighted by atomic mass is 9.83. The van der Waals surface area contributed by atoms with Crippen LogP contribution in [0.15, 0.2) is 72.0 Å². The largest absolute Gasteiger partial charge is 0.511 e. The second-order valence-corrected chi connectivity index (χ2v) is 8.41. The zero-order chi connectivity index (χ0) is 20.9. The van der Waals surface area contributed by atoms with Crippen molar-refractivity contribution in [3.05, 3.63) is 83.1 Å². The molecule has 1 aliphatic carbocycles. The van der Waals surface area contributed by atoms with Crippen LogP contribution >= 0.6 is 0 Å². The highest BCUT2D eigenvalue weighted by Gasteiger charge is 2.43. The number of carbonyl (C=O) groups excluding carboxylic acids is 2. The topological polar surface area (TPSA) is 63.6 Å². The maximum atomic E-state index is 13.1. The molecule has 1 aliphatic heterocycles. The molecule has 0 amide bonds. The summed E-state index contributed by atoms with van der Waals surface area (Å²) in [5.74, 6) is -1.29. The maximum Gasteiger partial charge on any atom is 0.346 e. The Labute approximate surface area is 177 Å². The first kappa shape index (κ1) is 20.4. The minimum Gasteiger partial charge on any atom is -0.511 e. The van der Waals surface area contributed by atoms with Crippen LogP contribution in [0.25, 0.3) is 0 Å². The predicted octanol–water partition coefficient (Wildman–Crippen LogP) is 5.29. The second kappa shape index (κ2) is 9.29. The molecule has 4 rings (SSSR count). The van der Waals surface area contributed by atoms with Crippen LogP contribution < -0.4 is 0 Å². The van der Waals surface area contributed by atoms with Crippen LogP contribution in [0.1, 0.15) is 55.6 Å². The highest BCUT2D eigenvalue weighted by atomic mass is 16.6. The molecule has 2 aromatic rings. The van der Waals surface area contributed by atoms with Gasteiger partial charge < -0.3 is 9.84 Å². The standard InChI is InChI=1S/C26H28O4/c27-24(21(20-14-8-3-9-15-20)16-18-10-4-1-5-11-18)23-25(28)22(30-26(23)29)17-19-12-6-2-7-13-19/h1,3-5,8-11,14-15,19,21-22,27H,2,6-7,12-13,16-17H2. The van der Waals surface area contributed by atoms with Crippen molar-refractivity contribution in [2.75, 3.05) is 0 Å². The molecule has 2 aliphatic rings. The Morgan fingerprint density at radius 2 is 1.57 bits per heavy atom. The van der Waals surface area contributed by atoms with Crippen molar-refractivity contribution in [1.82, 2.24) is 0 Å². The third kappa shape index (κ3) is 4.48. The number of allylic oxidation sites excluding steroid dienone is 1. The molecule has 0 aromatic heterocycles. The number of ether oxygens (including phenoxy) is 1. The van der Waals surface area contributed by atoms with Crippen LogP contribution in [-0.2, 0) is 20.7 Å². The Morgan fingerprint density at radius 3 is 2.23 bits per heavy atom. The monoisotopic (exact) mass is 404 g/mol. The van der Waals surface area contributed by atoms with Crippen molar-refractivity contribution in [2.24, 2.45) is 5.92 Å². The highest BCUT2D eigenvalue weighted by molar-refractivity contribution is 6.23. The lowest BCUT2D eigenvalue weighted by Crippen LogP contribution is -2.22. The number of aliphatic hydroxyl groups is 1. The molecule has 2 aromatic carbocycles. The number of esters is 1. The fraction of sp³-hybridized carbons (Fsp3) is 0.385. The van der Waals surface area contributed by atoms with Crippen LogP contribution in [0.2, 0.25) is 0 Å². The first-order valence-electron chi connectivity index (χ1n) is 10.9. The number of ketones is 1. The van der Waals surface area contributed by atoms with Crippen molar-refractivity contribution in [3.63, 3.8) is 0 Å². The summed E-state index contributed by atoms with van der Waals surface area (Å²) in [6.45, 7) is 0. The Hall–Kier alpha value is -2.88. The van der Waals surface area contributed by atoms with Gasteiger partial charge in [-0.15, -0.1) is 0 Å². The van der Waals surface area contributed by atoms with Gasteiger partial charge in [-0.2, -0.15) is 0 Å². The van der Waals surface area contributed by atoms with Gasteiger partial charge in [0, 0.05) is 5.92 Å². The van der Waals surface area contributed by atoms with Gasteiger partial charge in [-0.3, -0.25) is 4.79 Å². The fourth-order valence-corrected chi connectivity index (χ4v) is 4.70. The van der Waals surface area contributed by atoms with E-state index in [0.29, 0.717) is 18.8 Å². The summed E-state index contributed by atoms with van der Waals surface area (Å²) in [5.41, 5.74) is 1.72. The Kier molecular flexibility index (Phi) is 6.32. The van der Waals surface area contributed by atoms with E-state index in [-0.39, 0.29) is 17.1 Å². The average Bonchev–Trinajstić information content (AvgIpc) is 3.06. The second-order valence-electron chi connectivity index (χ2n) is 8.41. The summed E-state index contributed by atoms with van der Waals surface area (Å²) in [4.78, 5) is 25.7. The predicted molar refractivity (Wildman–Crippen MR) is 115 cm³/mol. The summed E-state index contributed by atoms with van der Waals surface area (Å²) in [7, 11) is 0. The third-order valence-corrected chi connectivity index (χ3v) is 6.34. The first-order valence-corrected chi connectivity index (χ1v) is 10.9. The molecule has 4 heteroatoms. The van der Waals surface area contributed by atoms with Gasteiger partial charge in [0.15, 0.2) is 6.10 Å². The third-order valence-electron chi connectivity index (χ3n) is 6.34. The van der Waals surface area contributed by atoms with Gasteiger partial charge in [0.05, 0.1) is 0 Å². The Bertz CT molecular complexity index is 911. The zero-order valence-electron chi connectivity index (χ0n) is 17.1. The summed E-state index contributed by atoms with van der Waals surface area (Å²) >= 11 is 0. The lowest BCUT2D eigenvalue weighted by molar-refractivity contribution is -0.141. The number of hydrogen-bond acceptors (Lipinski definition) is 4. The van der Waals surface area contributed by atoms with Crippen LogP contribution in [0.4, 0.5) is 0 Å². The van der Waals surface area contributed by atoms with E-state index in [4.69, 9.17) is 4.74 Å². The zero-order valence-corrected chi connectivity index (χ0v) is 17.1. The molecule has 0 bridgehead atoms. The van der Waals surface area contributed by atoms with Gasteiger partial charge in [0.1, 0.15) is 11.3 Å². The molecule has 4 nitrogen and oxygen atoms in total. The molecule has 2 atom stereocenters. The smallest absolute Gasteiger partial charge is 0.346 e. The molecule has 1 saturated heterocycles. The van der Waals surface area contributed by atoms with Gasteiger partial charge >= 0.3 is 5.97 Å². The number of carbonyl (C=O) groups is 2. The van der Waals surface area contributed by atoms with Crippen LogP contribution in [0.5, 0.6) is 0 Å². The van der Waals surface area contributed by atoms with Gasteiger partial charge in [0.25, 0.3) is 0 Å². The van der Waals surface area contributed by atoms with Crippen molar-refractivity contribution in [1.29, 1.82) is 0 Å². The van der Waals surface area contributed by atoms with E-state index in [1.807, 2.05) is 60.7 Å². The van der Waals surface area contributed by atoms with Gasteiger partial charge in [-0.1, -0.05) is 92.8 Å². The molecule has 30 heavy (non-hydrogen) atoms. The Morgan fingerprint density at radius 1 is 0.933 bits per heavy atom. The number of benzene rings is 2.